The minimum absolute atomic E-state index is 0.123. The summed E-state index contributed by atoms with van der Waals surface area (Å²) < 4.78 is 23.0. The molecule has 0 aliphatic carbocycles. The Morgan fingerprint density at radius 1 is 1.05 bits per heavy atom. The number of hydrogen-bond acceptors (Lipinski definition) is 10. The maximum absolute atomic E-state index is 14.1. The van der Waals surface area contributed by atoms with Crippen LogP contribution in [0, 0.1) is 0 Å². The lowest BCUT2D eigenvalue weighted by atomic mass is 9.95. The second-order valence-corrected chi connectivity index (χ2v) is 9.98. The number of nitrogens with one attached hydrogen (secondary N) is 1. The van der Waals surface area contributed by atoms with Crippen LogP contribution in [0.25, 0.3) is 5.57 Å². The van der Waals surface area contributed by atoms with E-state index in [9.17, 15) is 19.2 Å². The summed E-state index contributed by atoms with van der Waals surface area (Å²) >= 11 is 1.08. The van der Waals surface area contributed by atoms with E-state index in [-0.39, 0.29) is 47.2 Å². The molecule has 1 amide bonds. The molecular weight excluding hydrogens is 550 g/mol. The molecular formula is C29H27N3O8S. The van der Waals surface area contributed by atoms with E-state index in [1.807, 2.05) is 0 Å². The summed E-state index contributed by atoms with van der Waals surface area (Å²) in [6.07, 6.45) is 0. The number of carbonyl (C=O) groups is 3. The van der Waals surface area contributed by atoms with Crippen LogP contribution < -0.4 is 29.7 Å². The molecule has 11 nitrogen and oxygen atoms in total. The molecule has 0 unspecified atom stereocenters. The van der Waals surface area contributed by atoms with Gasteiger partial charge in [0.15, 0.2) is 22.9 Å². The average Bonchev–Trinajstić information content (AvgIpc) is 3.46. The van der Waals surface area contributed by atoms with Crippen molar-refractivity contribution in [3.05, 3.63) is 84.5 Å². The van der Waals surface area contributed by atoms with Gasteiger partial charge in [0, 0.05) is 11.3 Å². The molecule has 0 spiro atoms. The zero-order valence-electron chi connectivity index (χ0n) is 22.8. The van der Waals surface area contributed by atoms with Crippen LogP contribution in [-0.4, -0.2) is 49.3 Å². The van der Waals surface area contributed by atoms with E-state index in [4.69, 9.17) is 14.2 Å². The third-order valence-electron chi connectivity index (χ3n) is 6.55. The van der Waals surface area contributed by atoms with Crippen LogP contribution in [0.4, 0.5) is 5.69 Å². The van der Waals surface area contributed by atoms with Gasteiger partial charge < -0.3 is 24.3 Å². The Morgan fingerprint density at radius 2 is 1.83 bits per heavy atom. The number of fused-ring (bicyclic) bond motifs is 2. The van der Waals surface area contributed by atoms with Gasteiger partial charge in [-0.05, 0) is 44.5 Å². The van der Waals surface area contributed by atoms with Gasteiger partial charge in [0.25, 0.3) is 11.5 Å². The van der Waals surface area contributed by atoms with Gasteiger partial charge in [-0.2, -0.15) is 0 Å². The number of rotatable bonds is 8. The first-order chi connectivity index (χ1) is 19.8. The zero-order chi connectivity index (χ0) is 29.3. The predicted octanol–water partition coefficient (Wildman–Crippen LogP) is 2.07. The minimum atomic E-state index is -0.937. The Bertz CT molecular complexity index is 1790. The number of esters is 2. The van der Waals surface area contributed by atoms with Crippen molar-refractivity contribution in [2.45, 2.75) is 26.8 Å². The van der Waals surface area contributed by atoms with Gasteiger partial charge in [-0.3, -0.25) is 14.2 Å². The molecule has 0 saturated carbocycles. The molecule has 2 aliphatic rings. The van der Waals surface area contributed by atoms with E-state index in [1.54, 1.807) is 63.2 Å². The summed E-state index contributed by atoms with van der Waals surface area (Å²) in [5.74, 6) is -0.982. The smallest absolute Gasteiger partial charge is 0.343 e. The van der Waals surface area contributed by atoms with Crippen molar-refractivity contribution in [2.24, 2.45) is 4.99 Å². The number of aromatic nitrogens is 1. The SMILES string of the molecule is CCOC(=O)C1=C(C)N=c2s/c(=C3\C(=O)Nc4ccccc43)c(=O)n2[C@H]1c1ccc(OCC(=O)OC)c(OCC)c1. The van der Waals surface area contributed by atoms with Crippen LogP contribution in [0.5, 0.6) is 11.5 Å². The van der Waals surface area contributed by atoms with E-state index in [1.165, 1.54) is 11.7 Å². The minimum Gasteiger partial charge on any atom is -0.490 e. The summed E-state index contributed by atoms with van der Waals surface area (Å²) in [6.45, 7) is 5.24. The number of methoxy groups -OCH3 is 1. The van der Waals surface area contributed by atoms with Gasteiger partial charge in [-0.15, -0.1) is 0 Å². The van der Waals surface area contributed by atoms with E-state index in [2.05, 4.69) is 15.0 Å². The highest BCUT2D eigenvalue weighted by molar-refractivity contribution is 7.07. The molecule has 3 aromatic rings. The number of ether oxygens (including phenoxy) is 4. The second kappa shape index (κ2) is 11.4. The van der Waals surface area contributed by atoms with Gasteiger partial charge in [0.2, 0.25) is 0 Å². The molecule has 12 heteroatoms. The van der Waals surface area contributed by atoms with Crippen LogP contribution in [-0.2, 0) is 23.9 Å². The first-order valence-corrected chi connectivity index (χ1v) is 13.7. The van der Waals surface area contributed by atoms with Crippen LogP contribution in [0.1, 0.15) is 37.9 Å². The van der Waals surface area contributed by atoms with Crippen LogP contribution in [0.2, 0.25) is 0 Å². The number of allylic oxidation sites excluding steroid dienone is 1. The molecule has 1 aromatic heterocycles. The van der Waals surface area contributed by atoms with E-state index in [0.717, 1.165) is 11.3 Å². The van der Waals surface area contributed by atoms with Crippen LogP contribution in [0.15, 0.2) is 63.5 Å². The first-order valence-electron chi connectivity index (χ1n) is 12.9. The molecule has 1 N–H and O–H groups in total. The van der Waals surface area contributed by atoms with Gasteiger partial charge >= 0.3 is 11.9 Å². The molecule has 0 saturated heterocycles. The standard InChI is InChI=1S/C29H27N3O8S/c1-5-38-20-13-16(11-12-19(20)40-14-21(33)37-4)24-22(28(36)39-6-2)15(3)30-29-32(24)27(35)25(41-29)23-17-9-7-8-10-18(17)31-26(23)34/h7-13,24H,5-6,14H2,1-4H3,(H,31,34)/b25-23-/t24-/m0/s1. The monoisotopic (exact) mass is 577 g/mol. The van der Waals surface area contributed by atoms with E-state index < -0.39 is 23.5 Å². The number of hydrogen-bond donors (Lipinski definition) is 1. The molecule has 2 aromatic carbocycles. The molecule has 0 radical (unpaired) electrons. The number of amides is 1. The molecule has 3 heterocycles. The lowest BCUT2D eigenvalue weighted by molar-refractivity contribution is -0.143. The Hall–Kier alpha value is -4.71. The highest BCUT2D eigenvalue weighted by Crippen LogP contribution is 2.37. The topological polar surface area (TPSA) is 135 Å². The van der Waals surface area contributed by atoms with Crippen molar-refractivity contribution in [1.82, 2.24) is 4.57 Å². The molecule has 0 bridgehead atoms. The van der Waals surface area contributed by atoms with Gasteiger partial charge in [-0.1, -0.05) is 35.6 Å². The fourth-order valence-corrected chi connectivity index (χ4v) is 5.92. The fraction of sp³-hybridized carbons (Fsp3) is 0.276. The van der Waals surface area contributed by atoms with Crippen molar-refractivity contribution < 1.29 is 33.3 Å². The van der Waals surface area contributed by atoms with E-state index in [0.29, 0.717) is 33.1 Å². The summed E-state index contributed by atoms with van der Waals surface area (Å²) in [4.78, 5) is 56.9. The Morgan fingerprint density at radius 3 is 2.56 bits per heavy atom. The number of nitrogens with zero attached hydrogens (tertiary/aromatic N) is 2. The average molecular weight is 578 g/mol. The molecule has 1 atom stereocenters. The van der Waals surface area contributed by atoms with Crippen molar-refractivity contribution in [3.63, 3.8) is 0 Å². The molecule has 212 valence electrons. The Labute approximate surface area is 238 Å². The third kappa shape index (κ3) is 5.02. The van der Waals surface area contributed by atoms with Crippen molar-refractivity contribution in [1.29, 1.82) is 0 Å². The summed E-state index contributed by atoms with van der Waals surface area (Å²) in [5.41, 5.74) is 2.09. The number of benzene rings is 2. The van der Waals surface area contributed by atoms with Gasteiger partial charge in [0.05, 0.1) is 43.2 Å². The van der Waals surface area contributed by atoms with Crippen LogP contribution in [0.3, 0.4) is 0 Å². The normalized spacial score (nSPS) is 16.8. The van der Waals surface area contributed by atoms with Crippen molar-refractivity contribution in [2.75, 3.05) is 32.2 Å². The van der Waals surface area contributed by atoms with Gasteiger partial charge in [-0.25, -0.2) is 14.6 Å². The molecule has 5 rings (SSSR count). The largest absolute Gasteiger partial charge is 0.490 e. The summed E-state index contributed by atoms with van der Waals surface area (Å²) in [7, 11) is 1.26. The number of para-hydroxylation sites is 1. The Kier molecular flexibility index (Phi) is 7.75. The zero-order valence-corrected chi connectivity index (χ0v) is 23.6. The first kappa shape index (κ1) is 27.8. The van der Waals surface area contributed by atoms with Crippen molar-refractivity contribution >= 4 is 40.4 Å². The molecule has 2 aliphatic heterocycles. The Balaban J connectivity index is 1.73. The third-order valence-corrected chi connectivity index (χ3v) is 7.60. The predicted molar refractivity (Wildman–Crippen MR) is 150 cm³/mol. The second-order valence-electron chi connectivity index (χ2n) is 9.00. The number of carbonyl (C=O) groups excluding carboxylic acids is 3. The quantitative estimate of drug-likeness (QED) is 0.402. The number of thiazole rings is 1. The summed E-state index contributed by atoms with van der Waals surface area (Å²) in [5, 5.41) is 2.80. The lowest BCUT2D eigenvalue weighted by Gasteiger charge is -2.25. The van der Waals surface area contributed by atoms with Crippen LogP contribution >= 0.6 is 11.3 Å². The molecule has 0 fully saturated rings. The summed E-state index contributed by atoms with van der Waals surface area (Å²) in [6, 6.07) is 11.1. The lowest BCUT2D eigenvalue weighted by Crippen LogP contribution is -2.40. The highest BCUT2D eigenvalue weighted by Gasteiger charge is 2.35. The maximum Gasteiger partial charge on any atom is 0.343 e. The fourth-order valence-electron chi connectivity index (χ4n) is 4.78. The maximum atomic E-state index is 14.1. The molecule has 41 heavy (non-hydrogen) atoms. The highest BCUT2D eigenvalue weighted by atomic mass is 32.1. The number of anilines is 1. The van der Waals surface area contributed by atoms with Gasteiger partial charge in [0.1, 0.15) is 4.53 Å². The van der Waals surface area contributed by atoms with E-state index >= 15 is 0 Å². The van der Waals surface area contributed by atoms with Crippen molar-refractivity contribution in [3.8, 4) is 11.5 Å².